The highest BCUT2D eigenvalue weighted by molar-refractivity contribution is 5.96. The molecule has 0 radical (unpaired) electrons. The van der Waals surface area contributed by atoms with Crippen LogP contribution in [-0.4, -0.2) is 24.5 Å². The fourth-order valence-corrected chi connectivity index (χ4v) is 1.29. The van der Waals surface area contributed by atoms with Crippen LogP contribution in [0, 0.1) is 6.92 Å². The Morgan fingerprint density at radius 1 is 1.57 bits per heavy atom. The van der Waals surface area contributed by atoms with Crippen molar-refractivity contribution < 1.29 is 9.53 Å². The van der Waals surface area contributed by atoms with Gasteiger partial charge in [-0.25, -0.2) is 0 Å². The van der Waals surface area contributed by atoms with Crippen LogP contribution in [0.2, 0.25) is 0 Å². The van der Waals surface area contributed by atoms with Crippen LogP contribution in [0.3, 0.4) is 0 Å². The summed E-state index contributed by atoms with van der Waals surface area (Å²) in [7, 11) is 1.64. The molecule has 0 saturated heterocycles. The highest BCUT2D eigenvalue weighted by atomic mass is 16.5. The van der Waals surface area contributed by atoms with Crippen LogP contribution in [0.25, 0.3) is 0 Å². The molecule has 0 atom stereocenters. The van der Waals surface area contributed by atoms with Gasteiger partial charge in [0.15, 0.2) is 5.78 Å². The number of pyridine rings is 1. The van der Waals surface area contributed by atoms with Crippen molar-refractivity contribution in [3.05, 3.63) is 29.6 Å². The first-order valence-corrected chi connectivity index (χ1v) is 4.69. The number of methoxy groups -OCH3 is 1. The van der Waals surface area contributed by atoms with Gasteiger partial charge in [-0.15, -0.1) is 0 Å². The predicted octanol–water partition coefficient (Wildman–Crippen LogP) is 2.00. The molecule has 0 fully saturated rings. The van der Waals surface area contributed by atoms with E-state index < -0.39 is 0 Å². The third-order valence-electron chi connectivity index (χ3n) is 2.06. The van der Waals surface area contributed by atoms with Gasteiger partial charge in [0, 0.05) is 37.6 Å². The molecule has 0 aliphatic heterocycles. The number of carbonyl (C=O) groups excluding carboxylic acids is 1. The monoisotopic (exact) mass is 193 g/mol. The number of nitrogens with zero attached hydrogens (tertiary/aromatic N) is 1. The number of ether oxygens (including phenoxy) is 1. The molecule has 0 aromatic carbocycles. The van der Waals surface area contributed by atoms with Crippen molar-refractivity contribution in [3.8, 4) is 0 Å². The number of hydrogen-bond acceptors (Lipinski definition) is 3. The van der Waals surface area contributed by atoms with E-state index in [1.54, 1.807) is 19.4 Å². The summed E-state index contributed by atoms with van der Waals surface area (Å²) in [6.45, 7) is 2.48. The molecule has 0 spiro atoms. The fraction of sp³-hybridized carbons (Fsp3) is 0.455. The van der Waals surface area contributed by atoms with E-state index in [1.807, 2.05) is 13.0 Å². The quantitative estimate of drug-likeness (QED) is 0.530. The Morgan fingerprint density at radius 2 is 2.36 bits per heavy atom. The van der Waals surface area contributed by atoms with Crippen molar-refractivity contribution in [1.82, 2.24) is 4.98 Å². The molecule has 0 aliphatic carbocycles. The highest BCUT2D eigenvalue weighted by Gasteiger charge is 2.08. The number of aryl methyl sites for hydroxylation is 1. The van der Waals surface area contributed by atoms with Gasteiger partial charge in [0.25, 0.3) is 0 Å². The lowest BCUT2D eigenvalue weighted by Gasteiger charge is -2.02. The summed E-state index contributed by atoms with van der Waals surface area (Å²) in [6.07, 6.45) is 2.99. The fourth-order valence-electron chi connectivity index (χ4n) is 1.29. The smallest absolute Gasteiger partial charge is 0.164 e. The number of hydrogen-bond donors (Lipinski definition) is 0. The Kier molecular flexibility index (Phi) is 4.26. The average molecular weight is 193 g/mol. The standard InChI is InChI=1S/C11H15NO2/c1-9-10(5-3-7-12-9)11(13)6-4-8-14-2/h3,5,7H,4,6,8H2,1-2H3. The maximum atomic E-state index is 11.6. The Bertz CT molecular complexity index is 310. The van der Waals surface area contributed by atoms with Gasteiger partial charge in [0.1, 0.15) is 0 Å². The van der Waals surface area contributed by atoms with E-state index in [0.29, 0.717) is 13.0 Å². The summed E-state index contributed by atoms with van der Waals surface area (Å²) >= 11 is 0. The summed E-state index contributed by atoms with van der Waals surface area (Å²) in [5.74, 6) is 0.146. The molecule has 0 amide bonds. The molecule has 3 heteroatoms. The predicted molar refractivity (Wildman–Crippen MR) is 54.4 cm³/mol. The van der Waals surface area contributed by atoms with Crippen LogP contribution in [0.1, 0.15) is 28.9 Å². The van der Waals surface area contributed by atoms with Crippen molar-refractivity contribution in [2.45, 2.75) is 19.8 Å². The number of carbonyl (C=O) groups is 1. The van der Waals surface area contributed by atoms with E-state index in [-0.39, 0.29) is 5.78 Å². The average Bonchev–Trinajstić information content (AvgIpc) is 2.18. The van der Waals surface area contributed by atoms with Crippen LogP contribution >= 0.6 is 0 Å². The second kappa shape index (κ2) is 5.50. The molecule has 1 aromatic rings. The van der Waals surface area contributed by atoms with Gasteiger partial charge < -0.3 is 4.74 Å². The normalized spacial score (nSPS) is 10.1. The minimum absolute atomic E-state index is 0.146. The van der Waals surface area contributed by atoms with Crippen molar-refractivity contribution >= 4 is 5.78 Å². The number of ketones is 1. The minimum Gasteiger partial charge on any atom is -0.385 e. The number of aromatic nitrogens is 1. The second-order valence-corrected chi connectivity index (χ2v) is 3.16. The molecule has 3 nitrogen and oxygen atoms in total. The molecule has 0 N–H and O–H groups in total. The van der Waals surface area contributed by atoms with E-state index in [9.17, 15) is 4.79 Å². The summed E-state index contributed by atoms with van der Waals surface area (Å²) in [6, 6.07) is 3.61. The SMILES string of the molecule is COCCCC(=O)c1cccnc1C. The minimum atomic E-state index is 0.146. The summed E-state index contributed by atoms with van der Waals surface area (Å²) in [5, 5.41) is 0. The Balaban J connectivity index is 2.56. The largest absolute Gasteiger partial charge is 0.385 e. The molecule has 0 saturated carbocycles. The molecule has 0 aliphatic rings. The van der Waals surface area contributed by atoms with Crippen molar-refractivity contribution in [3.63, 3.8) is 0 Å². The maximum absolute atomic E-state index is 11.6. The molecular formula is C11H15NO2. The molecule has 14 heavy (non-hydrogen) atoms. The summed E-state index contributed by atoms with van der Waals surface area (Å²) < 4.78 is 4.89. The topological polar surface area (TPSA) is 39.2 Å². The zero-order chi connectivity index (χ0) is 10.4. The zero-order valence-electron chi connectivity index (χ0n) is 8.62. The molecule has 1 aromatic heterocycles. The van der Waals surface area contributed by atoms with Crippen molar-refractivity contribution in [1.29, 1.82) is 0 Å². The Labute approximate surface area is 84.1 Å². The first-order chi connectivity index (χ1) is 6.75. The van der Waals surface area contributed by atoms with Gasteiger partial charge in [-0.3, -0.25) is 9.78 Å². The summed E-state index contributed by atoms with van der Waals surface area (Å²) in [4.78, 5) is 15.7. The molecular weight excluding hydrogens is 178 g/mol. The van der Waals surface area contributed by atoms with E-state index in [0.717, 1.165) is 17.7 Å². The van der Waals surface area contributed by atoms with E-state index in [2.05, 4.69) is 4.98 Å². The zero-order valence-corrected chi connectivity index (χ0v) is 8.62. The van der Waals surface area contributed by atoms with E-state index >= 15 is 0 Å². The van der Waals surface area contributed by atoms with E-state index in [4.69, 9.17) is 4.74 Å². The van der Waals surface area contributed by atoms with Crippen LogP contribution in [0.4, 0.5) is 0 Å². The third-order valence-corrected chi connectivity index (χ3v) is 2.06. The second-order valence-electron chi connectivity index (χ2n) is 3.16. The summed E-state index contributed by atoms with van der Waals surface area (Å²) in [5.41, 5.74) is 1.53. The van der Waals surface area contributed by atoms with Gasteiger partial charge in [-0.05, 0) is 25.5 Å². The first kappa shape index (κ1) is 10.9. The first-order valence-electron chi connectivity index (χ1n) is 4.69. The highest BCUT2D eigenvalue weighted by Crippen LogP contribution is 2.08. The molecule has 0 bridgehead atoms. The van der Waals surface area contributed by atoms with Gasteiger partial charge in [0.05, 0.1) is 0 Å². The maximum Gasteiger partial charge on any atom is 0.164 e. The lowest BCUT2D eigenvalue weighted by molar-refractivity contribution is 0.0962. The molecule has 1 heterocycles. The van der Waals surface area contributed by atoms with Gasteiger partial charge in [-0.1, -0.05) is 0 Å². The van der Waals surface area contributed by atoms with Gasteiger partial charge in [0.2, 0.25) is 0 Å². The van der Waals surface area contributed by atoms with Crippen LogP contribution in [0.15, 0.2) is 18.3 Å². The van der Waals surface area contributed by atoms with Crippen molar-refractivity contribution in [2.75, 3.05) is 13.7 Å². The lowest BCUT2D eigenvalue weighted by atomic mass is 10.1. The molecule has 76 valence electrons. The van der Waals surface area contributed by atoms with Crippen LogP contribution < -0.4 is 0 Å². The number of Topliss-reactive ketones (excluding diaryl/α,β-unsaturated/α-hetero) is 1. The number of rotatable bonds is 5. The Morgan fingerprint density at radius 3 is 3.00 bits per heavy atom. The van der Waals surface area contributed by atoms with Gasteiger partial charge in [-0.2, -0.15) is 0 Å². The van der Waals surface area contributed by atoms with Crippen LogP contribution in [0.5, 0.6) is 0 Å². The van der Waals surface area contributed by atoms with Gasteiger partial charge >= 0.3 is 0 Å². The molecule has 1 rings (SSSR count). The third kappa shape index (κ3) is 2.92. The van der Waals surface area contributed by atoms with Crippen molar-refractivity contribution in [2.24, 2.45) is 0 Å². The lowest BCUT2D eigenvalue weighted by Crippen LogP contribution is -2.04. The Hall–Kier alpha value is -1.22. The van der Waals surface area contributed by atoms with Crippen LogP contribution in [-0.2, 0) is 4.74 Å². The molecule has 0 unspecified atom stereocenters. The van der Waals surface area contributed by atoms with E-state index in [1.165, 1.54) is 0 Å².